The highest BCUT2D eigenvalue weighted by Gasteiger charge is 2.17. The second-order valence-corrected chi connectivity index (χ2v) is 4.98. The lowest BCUT2D eigenvalue weighted by molar-refractivity contribution is -0.122. The predicted molar refractivity (Wildman–Crippen MR) is 78.0 cm³/mol. The Morgan fingerprint density at radius 1 is 1.35 bits per heavy atom. The Balaban J connectivity index is 1.91. The Bertz CT molecular complexity index is 530. The molecule has 2 aromatic rings. The molecule has 0 fully saturated rings. The molecule has 0 spiro atoms. The molecule has 0 saturated carbocycles. The van der Waals surface area contributed by atoms with Gasteiger partial charge in [-0.25, -0.2) is 4.98 Å². The maximum atomic E-state index is 12.1. The number of nitrogens with one attached hydrogen (secondary N) is 1. The minimum Gasteiger partial charge on any atom is -0.354 e. The van der Waals surface area contributed by atoms with E-state index in [1.807, 2.05) is 46.9 Å². The summed E-state index contributed by atoms with van der Waals surface area (Å²) in [6.07, 6.45) is 10.0. The molecule has 0 aliphatic heterocycles. The van der Waals surface area contributed by atoms with Crippen LogP contribution in [0.2, 0.25) is 0 Å². The minimum absolute atomic E-state index is 0.00263. The molecule has 0 saturated heterocycles. The van der Waals surface area contributed by atoms with E-state index < -0.39 is 0 Å². The molecular formula is C15H22N4O. The molecule has 1 amide bonds. The first-order valence-electron chi connectivity index (χ1n) is 7.08. The van der Waals surface area contributed by atoms with Gasteiger partial charge >= 0.3 is 0 Å². The molecule has 0 aliphatic carbocycles. The number of nitrogens with zero attached hydrogens (tertiary/aromatic N) is 3. The number of aromatic nitrogens is 3. The third kappa shape index (κ3) is 3.73. The number of amides is 1. The van der Waals surface area contributed by atoms with E-state index in [9.17, 15) is 4.79 Å². The van der Waals surface area contributed by atoms with Crippen molar-refractivity contribution in [1.29, 1.82) is 0 Å². The molecule has 0 bridgehead atoms. The summed E-state index contributed by atoms with van der Waals surface area (Å²) >= 11 is 0. The van der Waals surface area contributed by atoms with Gasteiger partial charge in [0.05, 0.1) is 6.04 Å². The Hall–Kier alpha value is -2.04. The highest BCUT2D eigenvalue weighted by atomic mass is 16.1. The first-order valence-corrected chi connectivity index (χ1v) is 7.08. The van der Waals surface area contributed by atoms with Gasteiger partial charge in [0.15, 0.2) is 0 Å². The van der Waals surface area contributed by atoms with Crippen molar-refractivity contribution < 1.29 is 4.79 Å². The molecule has 1 N–H and O–H groups in total. The quantitative estimate of drug-likeness (QED) is 0.842. The molecule has 0 radical (unpaired) electrons. The van der Waals surface area contributed by atoms with E-state index in [4.69, 9.17) is 0 Å². The molecule has 2 heterocycles. The number of imidazole rings is 1. The standard InChI is InChI=1S/C15H22N4O/c1-3-6-13(15-16-8-12-18(15)2)17-14(20)7-11-19-9-4-5-10-19/h4-5,8-10,12-13H,3,6-7,11H2,1-2H3,(H,17,20)/t13-/m1/s1. The number of hydrogen-bond acceptors (Lipinski definition) is 2. The summed E-state index contributed by atoms with van der Waals surface area (Å²) in [7, 11) is 1.96. The third-order valence-corrected chi connectivity index (χ3v) is 3.35. The Morgan fingerprint density at radius 3 is 2.70 bits per heavy atom. The Labute approximate surface area is 119 Å². The molecule has 5 nitrogen and oxygen atoms in total. The lowest BCUT2D eigenvalue weighted by Gasteiger charge is -2.18. The van der Waals surface area contributed by atoms with Crippen LogP contribution in [-0.2, 0) is 18.4 Å². The summed E-state index contributed by atoms with van der Waals surface area (Å²) in [4.78, 5) is 16.4. The Kier molecular flexibility index (Phi) is 4.98. The van der Waals surface area contributed by atoms with Gasteiger partial charge in [-0.2, -0.15) is 0 Å². The lowest BCUT2D eigenvalue weighted by atomic mass is 10.1. The summed E-state index contributed by atoms with van der Waals surface area (Å²) in [6, 6.07) is 3.93. The van der Waals surface area contributed by atoms with E-state index in [0.29, 0.717) is 13.0 Å². The van der Waals surface area contributed by atoms with E-state index in [0.717, 1.165) is 18.7 Å². The number of carbonyl (C=O) groups excluding carboxylic acids is 1. The maximum absolute atomic E-state index is 12.1. The van der Waals surface area contributed by atoms with E-state index in [2.05, 4.69) is 17.2 Å². The average molecular weight is 274 g/mol. The van der Waals surface area contributed by atoms with Crippen LogP contribution >= 0.6 is 0 Å². The lowest BCUT2D eigenvalue weighted by Crippen LogP contribution is -2.30. The van der Waals surface area contributed by atoms with Crippen LogP contribution in [0, 0.1) is 0 Å². The SMILES string of the molecule is CCC[C@@H](NC(=O)CCn1cccc1)c1nccn1C. The van der Waals surface area contributed by atoms with Crippen molar-refractivity contribution in [3.05, 3.63) is 42.7 Å². The first kappa shape index (κ1) is 14.4. The average Bonchev–Trinajstić information content (AvgIpc) is 3.07. The smallest absolute Gasteiger partial charge is 0.222 e. The zero-order chi connectivity index (χ0) is 14.4. The van der Waals surface area contributed by atoms with Gasteiger partial charge in [0.25, 0.3) is 0 Å². The summed E-state index contributed by atoms with van der Waals surface area (Å²) in [6.45, 7) is 2.82. The van der Waals surface area contributed by atoms with Crippen LogP contribution in [0.5, 0.6) is 0 Å². The van der Waals surface area contributed by atoms with Crippen molar-refractivity contribution >= 4 is 5.91 Å². The van der Waals surface area contributed by atoms with Crippen molar-refractivity contribution in [2.75, 3.05) is 0 Å². The van der Waals surface area contributed by atoms with Crippen LogP contribution in [-0.4, -0.2) is 20.0 Å². The van der Waals surface area contributed by atoms with Gasteiger partial charge in [0, 0.05) is 44.8 Å². The van der Waals surface area contributed by atoms with Gasteiger partial charge in [-0.05, 0) is 18.6 Å². The molecule has 1 atom stereocenters. The van der Waals surface area contributed by atoms with Crippen LogP contribution in [0.15, 0.2) is 36.9 Å². The zero-order valence-electron chi connectivity index (χ0n) is 12.1. The molecule has 2 rings (SSSR count). The fourth-order valence-electron chi connectivity index (χ4n) is 2.28. The van der Waals surface area contributed by atoms with Gasteiger partial charge in [0.2, 0.25) is 5.91 Å². The van der Waals surface area contributed by atoms with Crippen molar-refractivity contribution in [3.8, 4) is 0 Å². The van der Waals surface area contributed by atoms with E-state index in [-0.39, 0.29) is 11.9 Å². The van der Waals surface area contributed by atoms with Gasteiger partial charge in [-0.15, -0.1) is 0 Å². The number of rotatable bonds is 7. The number of aryl methyl sites for hydroxylation is 2. The molecule has 108 valence electrons. The highest BCUT2D eigenvalue weighted by Crippen LogP contribution is 2.16. The van der Waals surface area contributed by atoms with Crippen LogP contribution in [0.1, 0.15) is 38.1 Å². The monoisotopic (exact) mass is 274 g/mol. The fourth-order valence-corrected chi connectivity index (χ4v) is 2.28. The topological polar surface area (TPSA) is 51.9 Å². The summed E-state index contributed by atoms with van der Waals surface area (Å²) in [5.41, 5.74) is 0. The van der Waals surface area contributed by atoms with Crippen molar-refractivity contribution in [3.63, 3.8) is 0 Å². The van der Waals surface area contributed by atoms with Crippen LogP contribution in [0.3, 0.4) is 0 Å². The summed E-state index contributed by atoms with van der Waals surface area (Å²) in [5.74, 6) is 0.987. The van der Waals surface area contributed by atoms with E-state index in [1.165, 1.54) is 0 Å². The normalized spacial score (nSPS) is 12.3. The fraction of sp³-hybridized carbons (Fsp3) is 0.467. The molecule has 0 aliphatic rings. The van der Waals surface area contributed by atoms with Gasteiger partial charge in [-0.1, -0.05) is 13.3 Å². The van der Waals surface area contributed by atoms with Gasteiger partial charge < -0.3 is 14.5 Å². The molecule has 0 unspecified atom stereocenters. The zero-order valence-corrected chi connectivity index (χ0v) is 12.1. The van der Waals surface area contributed by atoms with E-state index >= 15 is 0 Å². The second-order valence-electron chi connectivity index (χ2n) is 4.98. The second kappa shape index (κ2) is 6.93. The van der Waals surface area contributed by atoms with Gasteiger partial charge in [-0.3, -0.25) is 4.79 Å². The summed E-state index contributed by atoms with van der Waals surface area (Å²) in [5, 5.41) is 3.09. The van der Waals surface area contributed by atoms with Crippen LogP contribution in [0.25, 0.3) is 0 Å². The van der Waals surface area contributed by atoms with Crippen LogP contribution in [0.4, 0.5) is 0 Å². The summed E-state index contributed by atoms with van der Waals surface area (Å²) < 4.78 is 3.97. The molecule has 5 heteroatoms. The van der Waals surface area contributed by atoms with Crippen molar-refractivity contribution in [2.45, 2.75) is 38.8 Å². The maximum Gasteiger partial charge on any atom is 0.222 e. The highest BCUT2D eigenvalue weighted by molar-refractivity contribution is 5.76. The number of hydrogen-bond donors (Lipinski definition) is 1. The number of carbonyl (C=O) groups is 1. The van der Waals surface area contributed by atoms with Gasteiger partial charge in [0.1, 0.15) is 5.82 Å². The van der Waals surface area contributed by atoms with Crippen molar-refractivity contribution in [2.24, 2.45) is 7.05 Å². The predicted octanol–water partition coefficient (Wildman–Crippen LogP) is 2.27. The molecule has 2 aromatic heterocycles. The molecule has 20 heavy (non-hydrogen) atoms. The van der Waals surface area contributed by atoms with E-state index in [1.54, 1.807) is 6.20 Å². The third-order valence-electron chi connectivity index (χ3n) is 3.35. The van der Waals surface area contributed by atoms with Crippen LogP contribution < -0.4 is 5.32 Å². The molecule has 0 aromatic carbocycles. The minimum atomic E-state index is -0.00263. The largest absolute Gasteiger partial charge is 0.354 e. The Morgan fingerprint density at radius 2 is 2.10 bits per heavy atom. The first-order chi connectivity index (χ1) is 9.70. The molecular weight excluding hydrogens is 252 g/mol. The van der Waals surface area contributed by atoms with Crippen molar-refractivity contribution in [1.82, 2.24) is 19.4 Å².